The Balaban J connectivity index is 3.04. The average Bonchev–Trinajstić information content (AvgIpc) is 2.46. The average molecular weight is 222 g/mol. The zero-order chi connectivity index (χ0) is 11.0. The summed E-state index contributed by atoms with van der Waals surface area (Å²) in [7, 11) is -0.747. The molecule has 1 heterocycles. The highest BCUT2D eigenvalue weighted by Crippen LogP contribution is 2.27. The standard InChI is InChI=1S/C7H15N3O3S/c1-9-7(11)6-4-3-5-10(6,2)14(8,12)13/h6H,3-5H2,1-2H3,(H2-,8,9,11,12,13)/p+1/t6-,10?/m0/s1. The van der Waals surface area contributed by atoms with E-state index in [9.17, 15) is 13.2 Å². The van der Waals surface area contributed by atoms with Crippen LogP contribution >= 0.6 is 0 Å². The molecule has 0 aromatic carbocycles. The highest BCUT2D eigenvalue weighted by molar-refractivity contribution is 7.83. The van der Waals surface area contributed by atoms with Gasteiger partial charge in [-0.25, -0.2) is 0 Å². The highest BCUT2D eigenvalue weighted by atomic mass is 32.2. The third-order valence-corrected chi connectivity index (χ3v) is 4.47. The van der Waals surface area contributed by atoms with Crippen LogP contribution in [0.15, 0.2) is 0 Å². The van der Waals surface area contributed by atoms with Gasteiger partial charge in [0.1, 0.15) is 0 Å². The maximum Gasteiger partial charge on any atom is 0.367 e. The van der Waals surface area contributed by atoms with Gasteiger partial charge in [-0.1, -0.05) is 0 Å². The van der Waals surface area contributed by atoms with Gasteiger partial charge in [0.25, 0.3) is 5.91 Å². The van der Waals surface area contributed by atoms with Crippen molar-refractivity contribution >= 4 is 16.1 Å². The van der Waals surface area contributed by atoms with Gasteiger partial charge in [-0.15, -0.1) is 0 Å². The Kier molecular flexibility index (Phi) is 2.84. The maximum absolute atomic E-state index is 11.4. The smallest absolute Gasteiger partial charge is 0.354 e. The number of quaternary nitrogens is 1. The molecule has 1 saturated heterocycles. The number of nitrogens with one attached hydrogen (secondary N) is 1. The van der Waals surface area contributed by atoms with Crippen LogP contribution in [0.1, 0.15) is 12.8 Å². The first-order chi connectivity index (χ1) is 6.33. The first kappa shape index (κ1) is 11.4. The summed E-state index contributed by atoms with van der Waals surface area (Å²) in [5.74, 6) is -0.265. The molecule has 0 aromatic rings. The third kappa shape index (κ3) is 1.62. The monoisotopic (exact) mass is 222 g/mol. The fraction of sp³-hybridized carbons (Fsp3) is 0.857. The van der Waals surface area contributed by atoms with Gasteiger partial charge in [0.15, 0.2) is 6.04 Å². The van der Waals surface area contributed by atoms with Crippen LogP contribution in [0.2, 0.25) is 0 Å². The molecule has 0 radical (unpaired) electrons. The van der Waals surface area contributed by atoms with Crippen LogP contribution in [-0.4, -0.2) is 44.9 Å². The van der Waals surface area contributed by atoms with E-state index in [0.717, 1.165) is 0 Å². The van der Waals surface area contributed by atoms with E-state index in [2.05, 4.69) is 5.32 Å². The molecule has 1 rings (SSSR count). The quantitative estimate of drug-likeness (QED) is 0.560. The van der Waals surface area contributed by atoms with E-state index in [4.69, 9.17) is 5.14 Å². The summed E-state index contributed by atoms with van der Waals surface area (Å²) in [5, 5.41) is 7.58. The molecule has 14 heavy (non-hydrogen) atoms. The van der Waals surface area contributed by atoms with Crippen LogP contribution in [-0.2, 0) is 15.0 Å². The van der Waals surface area contributed by atoms with Gasteiger partial charge in [0.05, 0.1) is 13.6 Å². The lowest BCUT2D eigenvalue weighted by Crippen LogP contribution is -2.60. The number of carbonyl (C=O) groups is 1. The molecule has 0 aromatic heterocycles. The van der Waals surface area contributed by atoms with Crippen LogP contribution in [0, 0.1) is 0 Å². The Labute approximate surface area is 83.8 Å². The predicted octanol–water partition coefficient (Wildman–Crippen LogP) is -1.46. The van der Waals surface area contributed by atoms with Gasteiger partial charge >= 0.3 is 10.2 Å². The zero-order valence-electron chi connectivity index (χ0n) is 8.36. The normalized spacial score (nSPS) is 32.9. The minimum atomic E-state index is -3.73. The van der Waals surface area contributed by atoms with Crippen molar-refractivity contribution in [1.29, 1.82) is 0 Å². The van der Waals surface area contributed by atoms with Crippen LogP contribution in [0.3, 0.4) is 0 Å². The Morgan fingerprint density at radius 2 is 2.14 bits per heavy atom. The van der Waals surface area contributed by atoms with Crippen molar-refractivity contribution in [3.63, 3.8) is 0 Å². The SMILES string of the molecule is CNC(=O)[C@@H]1CCC[N+]1(C)S(N)(=O)=O. The number of hydrogen-bond donors (Lipinski definition) is 2. The molecule has 0 saturated carbocycles. The lowest BCUT2D eigenvalue weighted by Gasteiger charge is -2.30. The number of likely N-dealkylation sites (tertiary alicyclic amines) is 1. The fourth-order valence-electron chi connectivity index (χ4n) is 1.88. The minimum Gasteiger partial charge on any atom is -0.354 e. The van der Waals surface area contributed by atoms with Crippen LogP contribution in [0.25, 0.3) is 0 Å². The first-order valence-electron chi connectivity index (χ1n) is 4.42. The fourth-order valence-corrected chi connectivity index (χ4v) is 2.82. The molecule has 7 heteroatoms. The summed E-state index contributed by atoms with van der Waals surface area (Å²) >= 11 is 0. The molecule has 1 unspecified atom stereocenters. The van der Waals surface area contributed by atoms with Crippen molar-refractivity contribution in [3.05, 3.63) is 0 Å². The molecule has 1 aliphatic rings. The van der Waals surface area contributed by atoms with Crippen molar-refractivity contribution in [1.82, 2.24) is 5.32 Å². The molecule has 0 bridgehead atoms. The topological polar surface area (TPSA) is 89.3 Å². The summed E-state index contributed by atoms with van der Waals surface area (Å²) < 4.78 is 22.3. The van der Waals surface area contributed by atoms with Gasteiger partial charge in [-0.3, -0.25) is 4.79 Å². The maximum atomic E-state index is 11.4. The summed E-state index contributed by atoms with van der Waals surface area (Å²) in [5.41, 5.74) is 0. The molecule has 1 aliphatic heterocycles. The lowest BCUT2D eigenvalue weighted by atomic mass is 10.2. The van der Waals surface area contributed by atoms with E-state index in [1.165, 1.54) is 14.1 Å². The minimum absolute atomic E-state index is 0.265. The summed E-state index contributed by atoms with van der Waals surface area (Å²) in [6.07, 6.45) is 1.26. The van der Waals surface area contributed by atoms with E-state index < -0.39 is 16.3 Å². The Morgan fingerprint density at radius 1 is 1.57 bits per heavy atom. The number of amides is 1. The van der Waals surface area contributed by atoms with Crippen LogP contribution in [0.5, 0.6) is 0 Å². The molecule has 6 nitrogen and oxygen atoms in total. The van der Waals surface area contributed by atoms with Gasteiger partial charge in [-0.2, -0.15) is 17.4 Å². The predicted molar refractivity (Wildman–Crippen MR) is 51.2 cm³/mol. The molecule has 82 valence electrons. The number of carbonyl (C=O) groups excluding carboxylic acids is 1. The summed E-state index contributed by atoms with van der Waals surface area (Å²) in [6.45, 7) is 0.400. The molecule has 0 spiro atoms. The van der Waals surface area contributed by atoms with E-state index in [-0.39, 0.29) is 9.80 Å². The van der Waals surface area contributed by atoms with Crippen molar-refractivity contribution in [2.45, 2.75) is 18.9 Å². The second-order valence-electron chi connectivity index (χ2n) is 3.68. The number of likely N-dealkylation sites (N-methyl/N-ethyl adjacent to an activating group) is 2. The molecular weight excluding hydrogens is 206 g/mol. The van der Waals surface area contributed by atoms with Gasteiger partial charge < -0.3 is 5.32 Å². The Hall–Kier alpha value is -0.660. The summed E-state index contributed by atoms with van der Waals surface area (Å²) in [6, 6.07) is -0.574. The van der Waals surface area contributed by atoms with Gasteiger partial charge in [0, 0.05) is 19.9 Å². The third-order valence-electron chi connectivity index (χ3n) is 2.87. The Morgan fingerprint density at radius 3 is 2.57 bits per heavy atom. The molecule has 3 N–H and O–H groups in total. The second-order valence-corrected chi connectivity index (χ2v) is 5.55. The molecule has 1 fully saturated rings. The van der Waals surface area contributed by atoms with E-state index in [1.807, 2.05) is 0 Å². The number of rotatable bonds is 2. The second kappa shape index (κ2) is 3.48. The molecule has 2 atom stereocenters. The lowest BCUT2D eigenvalue weighted by molar-refractivity contribution is -0.788. The Bertz CT molecular complexity index is 340. The largest absolute Gasteiger partial charge is 0.367 e. The van der Waals surface area contributed by atoms with E-state index >= 15 is 0 Å². The molecule has 1 amide bonds. The number of nitrogens with two attached hydrogens (primary N) is 1. The zero-order valence-corrected chi connectivity index (χ0v) is 9.17. The highest BCUT2D eigenvalue weighted by Gasteiger charge is 2.50. The number of nitrogens with zero attached hydrogens (tertiary/aromatic N) is 1. The first-order valence-corrected chi connectivity index (χ1v) is 5.93. The van der Waals surface area contributed by atoms with Crippen molar-refractivity contribution in [2.24, 2.45) is 5.14 Å². The van der Waals surface area contributed by atoms with Crippen molar-refractivity contribution in [3.8, 4) is 0 Å². The summed E-state index contributed by atoms with van der Waals surface area (Å²) in [4.78, 5) is 11.4. The van der Waals surface area contributed by atoms with Crippen molar-refractivity contribution < 1.29 is 17.1 Å². The molecular formula is C7H16N3O3S+. The van der Waals surface area contributed by atoms with E-state index in [1.54, 1.807) is 0 Å². The van der Waals surface area contributed by atoms with Gasteiger partial charge in [0.2, 0.25) is 0 Å². The van der Waals surface area contributed by atoms with Crippen LogP contribution in [0.4, 0.5) is 0 Å². The van der Waals surface area contributed by atoms with Crippen LogP contribution < -0.4 is 10.5 Å². The van der Waals surface area contributed by atoms with Crippen molar-refractivity contribution in [2.75, 3.05) is 20.6 Å². The van der Waals surface area contributed by atoms with Gasteiger partial charge in [-0.05, 0) is 0 Å². The number of hydrogen-bond acceptors (Lipinski definition) is 3. The molecule has 0 aliphatic carbocycles. The van der Waals surface area contributed by atoms with E-state index in [0.29, 0.717) is 19.4 Å².